The Morgan fingerprint density at radius 1 is 1.14 bits per heavy atom. The van der Waals surface area contributed by atoms with Gasteiger partial charge in [0.2, 0.25) is 5.91 Å². The number of likely N-dealkylation sites (N-methyl/N-ethyl adjacent to an activating group) is 1. The van der Waals surface area contributed by atoms with Crippen LogP contribution in [0, 0.1) is 0 Å². The van der Waals surface area contributed by atoms with Gasteiger partial charge in [-0.15, -0.1) is 0 Å². The summed E-state index contributed by atoms with van der Waals surface area (Å²) in [5.74, 6) is 0.459. The normalized spacial score (nSPS) is 16.5. The summed E-state index contributed by atoms with van der Waals surface area (Å²) in [5, 5.41) is 8.58. The van der Waals surface area contributed by atoms with E-state index in [1.165, 1.54) is 0 Å². The molecule has 1 N–H and O–H groups in total. The van der Waals surface area contributed by atoms with E-state index in [1.54, 1.807) is 30.8 Å². The van der Waals surface area contributed by atoms with Crippen LogP contribution in [0.25, 0.3) is 22.4 Å². The van der Waals surface area contributed by atoms with E-state index in [4.69, 9.17) is 27.9 Å². The highest BCUT2D eigenvalue weighted by molar-refractivity contribution is 9.10. The lowest BCUT2D eigenvalue weighted by Crippen LogP contribution is -2.64. The molecule has 1 aromatic heterocycles. The van der Waals surface area contributed by atoms with E-state index >= 15 is 0 Å². The molecule has 1 fully saturated rings. The number of nitrogens with zero attached hydrogens (tertiary/aromatic N) is 3. The van der Waals surface area contributed by atoms with E-state index in [-0.39, 0.29) is 11.8 Å². The van der Waals surface area contributed by atoms with Gasteiger partial charge in [0.25, 0.3) is 5.91 Å². The Labute approximate surface area is 234 Å². The van der Waals surface area contributed by atoms with E-state index in [9.17, 15) is 9.59 Å². The van der Waals surface area contributed by atoms with Crippen LogP contribution in [0.4, 0.5) is 0 Å². The smallest absolute Gasteiger partial charge is 0.273 e. The second-order valence-corrected chi connectivity index (χ2v) is 11.4. The van der Waals surface area contributed by atoms with Gasteiger partial charge in [0.1, 0.15) is 17.0 Å². The first-order chi connectivity index (χ1) is 17.6. The van der Waals surface area contributed by atoms with Crippen molar-refractivity contribution in [2.75, 3.05) is 26.7 Å². The number of methoxy groups -OCH3 is 1. The van der Waals surface area contributed by atoms with E-state index in [2.05, 4.69) is 26.1 Å². The van der Waals surface area contributed by atoms with Crippen molar-refractivity contribution >= 4 is 50.9 Å². The number of benzene rings is 2. The maximum atomic E-state index is 13.7. The van der Waals surface area contributed by atoms with Crippen molar-refractivity contribution in [3.8, 4) is 28.1 Å². The van der Waals surface area contributed by atoms with Crippen LogP contribution in [0.5, 0.6) is 5.75 Å². The first kappa shape index (κ1) is 26.1. The van der Waals surface area contributed by atoms with Gasteiger partial charge >= 0.3 is 0 Å². The van der Waals surface area contributed by atoms with Crippen LogP contribution in [0.15, 0.2) is 28.7 Å². The lowest BCUT2D eigenvalue weighted by Gasteiger charge is -2.45. The van der Waals surface area contributed by atoms with E-state index in [0.29, 0.717) is 52.0 Å². The molecule has 0 unspecified atom stereocenters. The molecule has 10 heteroatoms. The van der Waals surface area contributed by atoms with Gasteiger partial charge in [0, 0.05) is 36.3 Å². The number of hydrogen-bond acceptors (Lipinski definition) is 4. The number of ether oxygens (including phenoxy) is 1. The molecule has 1 aliphatic heterocycles. The molecule has 194 valence electrons. The van der Waals surface area contributed by atoms with Crippen molar-refractivity contribution in [3.63, 3.8) is 0 Å². The number of aromatic amines is 1. The topological polar surface area (TPSA) is 78.5 Å². The standard InChI is InChI=1S/C27H27BrCl2N4O3/c1-5-33-8-9-34(27(2,3)26(33)36)25(35)24-16-7-6-14-12-21(37-4)17(13-18(14)23(16)31-32-24)15-10-19(29)22(28)20(30)11-15/h10-13H,5-9H2,1-4H3,(H,31,32). The minimum Gasteiger partial charge on any atom is -0.496 e. The zero-order chi connectivity index (χ0) is 26.6. The average molecular weight is 606 g/mol. The highest BCUT2D eigenvalue weighted by Crippen LogP contribution is 2.44. The molecule has 1 aliphatic carbocycles. The van der Waals surface area contributed by atoms with Crippen molar-refractivity contribution in [2.45, 2.75) is 39.2 Å². The molecule has 0 saturated carbocycles. The van der Waals surface area contributed by atoms with Gasteiger partial charge in [-0.25, -0.2) is 0 Å². The van der Waals surface area contributed by atoms with Crippen molar-refractivity contribution in [1.29, 1.82) is 0 Å². The summed E-state index contributed by atoms with van der Waals surface area (Å²) in [6, 6.07) is 7.70. The number of nitrogens with one attached hydrogen (secondary N) is 1. The fraction of sp³-hybridized carbons (Fsp3) is 0.370. The number of hydrogen-bond donors (Lipinski definition) is 1. The molecule has 0 spiro atoms. The third kappa shape index (κ3) is 4.23. The predicted octanol–water partition coefficient (Wildman–Crippen LogP) is 6.00. The molecule has 7 nitrogen and oxygen atoms in total. The molecular weight excluding hydrogens is 579 g/mol. The third-order valence-electron chi connectivity index (χ3n) is 7.41. The second kappa shape index (κ2) is 9.64. The number of halogens is 3. The number of carbonyl (C=O) groups is 2. The molecule has 2 amide bonds. The van der Waals surface area contributed by atoms with Gasteiger partial charge in [0.15, 0.2) is 0 Å². The molecule has 0 atom stereocenters. The number of rotatable bonds is 4. The molecule has 2 aromatic carbocycles. The van der Waals surface area contributed by atoms with Gasteiger partial charge < -0.3 is 14.5 Å². The quantitative estimate of drug-likeness (QED) is 0.370. The molecule has 0 bridgehead atoms. The van der Waals surface area contributed by atoms with Crippen LogP contribution < -0.4 is 4.74 Å². The molecule has 1 saturated heterocycles. The Morgan fingerprint density at radius 2 is 1.84 bits per heavy atom. The number of aromatic nitrogens is 2. The minimum atomic E-state index is -0.934. The van der Waals surface area contributed by atoms with Crippen molar-refractivity contribution in [1.82, 2.24) is 20.0 Å². The van der Waals surface area contributed by atoms with Gasteiger partial charge in [-0.1, -0.05) is 23.2 Å². The first-order valence-electron chi connectivity index (χ1n) is 12.1. The van der Waals surface area contributed by atoms with Gasteiger partial charge in [-0.05, 0) is 84.9 Å². The van der Waals surface area contributed by atoms with Gasteiger partial charge in [-0.3, -0.25) is 14.7 Å². The van der Waals surface area contributed by atoms with Crippen LogP contribution in [0.1, 0.15) is 42.4 Å². The number of carbonyl (C=O) groups excluding carboxylic acids is 2. The Kier molecular flexibility index (Phi) is 6.79. The summed E-state index contributed by atoms with van der Waals surface area (Å²) in [7, 11) is 1.63. The van der Waals surface area contributed by atoms with Crippen LogP contribution >= 0.6 is 39.1 Å². The summed E-state index contributed by atoms with van der Waals surface area (Å²) in [4.78, 5) is 30.2. The zero-order valence-electron chi connectivity index (χ0n) is 21.0. The zero-order valence-corrected chi connectivity index (χ0v) is 24.1. The molecule has 5 rings (SSSR count). The lowest BCUT2D eigenvalue weighted by atomic mass is 9.86. The fourth-order valence-corrected chi connectivity index (χ4v) is 6.03. The maximum Gasteiger partial charge on any atom is 0.273 e. The average Bonchev–Trinajstić information content (AvgIpc) is 3.32. The van der Waals surface area contributed by atoms with Crippen molar-refractivity contribution in [2.24, 2.45) is 0 Å². The van der Waals surface area contributed by atoms with E-state index < -0.39 is 5.54 Å². The number of H-pyrrole nitrogens is 1. The third-order valence-corrected chi connectivity index (χ3v) is 9.31. The minimum absolute atomic E-state index is 0.0446. The molecular formula is C27H27BrCl2N4O3. The summed E-state index contributed by atoms with van der Waals surface area (Å²) in [6.07, 6.45) is 1.38. The lowest BCUT2D eigenvalue weighted by molar-refractivity contribution is -0.146. The Morgan fingerprint density at radius 3 is 2.49 bits per heavy atom. The van der Waals surface area contributed by atoms with Crippen molar-refractivity contribution < 1.29 is 14.3 Å². The summed E-state index contributed by atoms with van der Waals surface area (Å²) < 4.78 is 6.35. The molecule has 2 heterocycles. The highest BCUT2D eigenvalue weighted by atomic mass is 79.9. The fourth-order valence-electron chi connectivity index (χ4n) is 5.32. The SMILES string of the molecule is CCN1CCN(C(=O)c2[nH]nc3c2CCc2cc(OC)c(-c4cc(Cl)c(Br)c(Cl)c4)cc2-3)C(C)(C)C1=O. The maximum absolute atomic E-state index is 13.7. The number of piperazine rings is 1. The summed E-state index contributed by atoms with van der Waals surface area (Å²) >= 11 is 16.2. The predicted molar refractivity (Wildman–Crippen MR) is 149 cm³/mol. The van der Waals surface area contributed by atoms with Gasteiger partial charge in [-0.2, -0.15) is 5.10 Å². The van der Waals surface area contributed by atoms with Crippen LogP contribution in [-0.4, -0.2) is 64.1 Å². The molecule has 3 aromatic rings. The highest BCUT2D eigenvalue weighted by Gasteiger charge is 2.45. The molecule has 2 aliphatic rings. The monoisotopic (exact) mass is 604 g/mol. The molecule has 0 radical (unpaired) electrons. The number of amides is 2. The Bertz CT molecular complexity index is 1410. The largest absolute Gasteiger partial charge is 0.496 e. The summed E-state index contributed by atoms with van der Waals surface area (Å²) in [5.41, 5.74) is 4.75. The first-order valence-corrected chi connectivity index (χ1v) is 13.7. The summed E-state index contributed by atoms with van der Waals surface area (Å²) in [6.45, 7) is 7.18. The Hall–Kier alpha value is -2.55. The van der Waals surface area contributed by atoms with Gasteiger partial charge in [0.05, 0.1) is 27.3 Å². The van der Waals surface area contributed by atoms with Crippen LogP contribution in [0.3, 0.4) is 0 Å². The Balaban J connectivity index is 1.56. The van der Waals surface area contributed by atoms with Crippen LogP contribution in [0.2, 0.25) is 10.0 Å². The number of aryl methyl sites for hydroxylation is 1. The molecule has 37 heavy (non-hydrogen) atoms. The number of fused-ring (bicyclic) bond motifs is 3. The van der Waals surface area contributed by atoms with E-state index in [1.807, 2.05) is 31.2 Å². The van der Waals surface area contributed by atoms with Crippen molar-refractivity contribution in [3.05, 3.63) is 55.6 Å². The van der Waals surface area contributed by atoms with Crippen LogP contribution in [-0.2, 0) is 17.6 Å². The second-order valence-electron chi connectivity index (χ2n) is 9.79. The van der Waals surface area contributed by atoms with E-state index in [0.717, 1.165) is 39.9 Å².